The summed E-state index contributed by atoms with van der Waals surface area (Å²) >= 11 is 5.01. The van der Waals surface area contributed by atoms with Gasteiger partial charge in [0.1, 0.15) is 10.7 Å². The van der Waals surface area contributed by atoms with Crippen LogP contribution in [0.4, 0.5) is 0 Å². The maximum Gasteiger partial charge on any atom is 0.129 e. The fourth-order valence-electron chi connectivity index (χ4n) is 1.63. The molecule has 0 heterocycles. The van der Waals surface area contributed by atoms with Gasteiger partial charge in [-0.3, -0.25) is 0 Å². The van der Waals surface area contributed by atoms with Crippen molar-refractivity contribution in [3.05, 3.63) is 29.3 Å². The van der Waals surface area contributed by atoms with E-state index in [1.54, 1.807) is 0 Å². The van der Waals surface area contributed by atoms with Crippen molar-refractivity contribution >= 4 is 17.2 Å². The van der Waals surface area contributed by atoms with E-state index in [-0.39, 0.29) is 0 Å². The molecule has 0 aliphatic rings. The lowest BCUT2D eigenvalue weighted by Gasteiger charge is -2.12. The fraction of sp³-hybridized carbons (Fsp3) is 0.500. The highest BCUT2D eigenvalue weighted by Gasteiger charge is 2.06. The summed E-state index contributed by atoms with van der Waals surface area (Å²) in [4.78, 5) is 0.392. The molecule has 0 saturated heterocycles. The van der Waals surface area contributed by atoms with Crippen LogP contribution in [0.1, 0.15) is 37.8 Å². The largest absolute Gasteiger partial charge is 0.493 e. The Balaban J connectivity index is 2.62. The highest BCUT2D eigenvalue weighted by Crippen LogP contribution is 2.20. The Bertz CT molecular complexity index is 388. The van der Waals surface area contributed by atoms with Crippen molar-refractivity contribution in [2.75, 3.05) is 6.61 Å². The predicted octanol–water partition coefficient (Wildman–Crippen LogP) is 3.44. The molecule has 0 aliphatic heterocycles. The van der Waals surface area contributed by atoms with Gasteiger partial charge in [0.25, 0.3) is 0 Å². The van der Waals surface area contributed by atoms with Crippen LogP contribution in [-0.2, 0) is 0 Å². The molecule has 2 nitrogen and oxygen atoms in total. The number of hydrogen-bond acceptors (Lipinski definition) is 2. The summed E-state index contributed by atoms with van der Waals surface area (Å²) in [5.41, 5.74) is 7.65. The molecular formula is C14H21NOS. The average Bonchev–Trinajstić information content (AvgIpc) is 2.23. The van der Waals surface area contributed by atoms with Crippen LogP contribution in [-0.4, -0.2) is 11.6 Å². The normalized spacial score (nSPS) is 10.6. The molecule has 3 heteroatoms. The Hall–Kier alpha value is -1.09. The molecule has 0 aromatic heterocycles. The van der Waals surface area contributed by atoms with Gasteiger partial charge in [0.15, 0.2) is 0 Å². The van der Waals surface area contributed by atoms with Crippen molar-refractivity contribution < 1.29 is 4.74 Å². The van der Waals surface area contributed by atoms with Crippen LogP contribution in [0.2, 0.25) is 0 Å². The van der Waals surface area contributed by atoms with Crippen molar-refractivity contribution in [3.8, 4) is 5.75 Å². The van der Waals surface area contributed by atoms with Crippen LogP contribution in [0, 0.1) is 12.8 Å². The van der Waals surface area contributed by atoms with E-state index >= 15 is 0 Å². The summed E-state index contributed by atoms with van der Waals surface area (Å²) in [6, 6.07) is 5.91. The Morgan fingerprint density at radius 1 is 1.41 bits per heavy atom. The van der Waals surface area contributed by atoms with Crippen LogP contribution in [0.25, 0.3) is 0 Å². The average molecular weight is 251 g/mol. The zero-order valence-electron chi connectivity index (χ0n) is 10.8. The number of ether oxygens (including phenoxy) is 1. The highest BCUT2D eigenvalue weighted by atomic mass is 32.1. The molecule has 1 aromatic carbocycles. The summed E-state index contributed by atoms with van der Waals surface area (Å²) in [6.45, 7) is 7.18. The lowest BCUT2D eigenvalue weighted by Crippen LogP contribution is -2.12. The molecule has 0 spiro atoms. The van der Waals surface area contributed by atoms with Crippen molar-refractivity contribution in [3.63, 3.8) is 0 Å². The molecule has 0 radical (unpaired) electrons. The quantitative estimate of drug-likeness (QED) is 0.621. The molecule has 0 atom stereocenters. The van der Waals surface area contributed by atoms with Gasteiger partial charge in [-0.1, -0.05) is 32.1 Å². The first kappa shape index (κ1) is 14.0. The van der Waals surface area contributed by atoms with Crippen molar-refractivity contribution in [1.82, 2.24) is 0 Å². The second-order valence-electron chi connectivity index (χ2n) is 4.75. The number of benzene rings is 1. The maximum absolute atomic E-state index is 5.76. The molecule has 0 saturated carbocycles. The van der Waals surface area contributed by atoms with E-state index in [0.29, 0.717) is 10.9 Å². The van der Waals surface area contributed by atoms with Gasteiger partial charge in [0, 0.05) is 0 Å². The van der Waals surface area contributed by atoms with Gasteiger partial charge in [0.2, 0.25) is 0 Å². The summed E-state index contributed by atoms with van der Waals surface area (Å²) in [5.74, 6) is 1.52. The van der Waals surface area contributed by atoms with Gasteiger partial charge in [-0.2, -0.15) is 0 Å². The number of rotatable bonds is 6. The summed E-state index contributed by atoms with van der Waals surface area (Å²) in [5, 5.41) is 0. The first-order valence-electron chi connectivity index (χ1n) is 6.04. The smallest absolute Gasteiger partial charge is 0.129 e. The predicted molar refractivity (Wildman–Crippen MR) is 76.6 cm³/mol. The SMILES string of the molecule is Cc1ccc(C(N)=S)c(OCCCC(C)C)c1. The van der Waals surface area contributed by atoms with Gasteiger partial charge in [-0.05, 0) is 43.4 Å². The third kappa shape index (κ3) is 4.73. The van der Waals surface area contributed by atoms with Crippen LogP contribution in [0.5, 0.6) is 5.75 Å². The number of aryl methyl sites for hydroxylation is 1. The number of hydrogen-bond donors (Lipinski definition) is 1. The van der Waals surface area contributed by atoms with Gasteiger partial charge in [-0.25, -0.2) is 0 Å². The van der Waals surface area contributed by atoms with Crippen molar-refractivity contribution in [1.29, 1.82) is 0 Å². The van der Waals surface area contributed by atoms with Crippen molar-refractivity contribution in [2.45, 2.75) is 33.6 Å². The monoisotopic (exact) mass is 251 g/mol. The molecule has 94 valence electrons. The molecular weight excluding hydrogens is 230 g/mol. The number of nitrogens with two attached hydrogens (primary N) is 1. The first-order chi connectivity index (χ1) is 8.00. The van der Waals surface area contributed by atoms with Gasteiger partial charge < -0.3 is 10.5 Å². The lowest BCUT2D eigenvalue weighted by molar-refractivity contribution is 0.297. The molecule has 2 N–H and O–H groups in total. The fourth-order valence-corrected chi connectivity index (χ4v) is 1.79. The van der Waals surface area contributed by atoms with Gasteiger partial charge in [-0.15, -0.1) is 0 Å². The third-order valence-electron chi connectivity index (χ3n) is 2.59. The molecule has 0 amide bonds. The zero-order chi connectivity index (χ0) is 12.8. The second-order valence-corrected chi connectivity index (χ2v) is 5.19. The van der Waals surface area contributed by atoms with Crippen LogP contribution >= 0.6 is 12.2 Å². The standard InChI is InChI=1S/C14H21NOS/c1-10(2)5-4-8-16-13-9-11(3)6-7-12(13)14(15)17/h6-7,9-10H,4-5,8H2,1-3H3,(H2,15,17). The Labute approximate surface area is 109 Å². The van der Waals surface area contributed by atoms with Crippen molar-refractivity contribution in [2.24, 2.45) is 11.7 Å². The molecule has 1 rings (SSSR count). The van der Waals surface area contributed by atoms with E-state index in [4.69, 9.17) is 22.7 Å². The minimum atomic E-state index is 0.392. The first-order valence-corrected chi connectivity index (χ1v) is 6.44. The van der Waals surface area contributed by atoms with E-state index in [0.717, 1.165) is 29.9 Å². The molecule has 0 bridgehead atoms. The topological polar surface area (TPSA) is 35.2 Å². The maximum atomic E-state index is 5.76. The number of thiocarbonyl (C=S) groups is 1. The molecule has 17 heavy (non-hydrogen) atoms. The summed E-state index contributed by atoms with van der Waals surface area (Å²) < 4.78 is 5.76. The Morgan fingerprint density at radius 2 is 2.12 bits per heavy atom. The van der Waals surface area contributed by atoms with E-state index in [9.17, 15) is 0 Å². The van der Waals surface area contributed by atoms with Crippen LogP contribution < -0.4 is 10.5 Å². The summed E-state index contributed by atoms with van der Waals surface area (Å²) in [7, 11) is 0. The van der Waals surface area contributed by atoms with Gasteiger partial charge in [0.05, 0.1) is 12.2 Å². The molecule has 1 aromatic rings. The van der Waals surface area contributed by atoms with E-state index in [1.165, 1.54) is 6.42 Å². The zero-order valence-corrected chi connectivity index (χ0v) is 11.6. The van der Waals surface area contributed by atoms with Crippen LogP contribution in [0.15, 0.2) is 18.2 Å². The van der Waals surface area contributed by atoms with E-state index in [1.807, 2.05) is 25.1 Å². The van der Waals surface area contributed by atoms with Crippen LogP contribution in [0.3, 0.4) is 0 Å². The van der Waals surface area contributed by atoms with E-state index < -0.39 is 0 Å². The van der Waals surface area contributed by atoms with E-state index in [2.05, 4.69) is 13.8 Å². The lowest BCUT2D eigenvalue weighted by atomic mass is 10.1. The minimum Gasteiger partial charge on any atom is -0.493 e. The molecule has 0 unspecified atom stereocenters. The third-order valence-corrected chi connectivity index (χ3v) is 2.81. The second kappa shape index (κ2) is 6.60. The summed E-state index contributed by atoms with van der Waals surface area (Å²) in [6.07, 6.45) is 2.23. The molecule has 0 fully saturated rings. The Morgan fingerprint density at radius 3 is 2.71 bits per heavy atom. The molecule has 0 aliphatic carbocycles. The highest BCUT2D eigenvalue weighted by molar-refractivity contribution is 7.80. The van der Waals surface area contributed by atoms with Gasteiger partial charge >= 0.3 is 0 Å². The minimum absolute atomic E-state index is 0.392. The Kier molecular flexibility index (Phi) is 5.42.